The topological polar surface area (TPSA) is 32.3 Å². The number of benzene rings is 1. The summed E-state index contributed by atoms with van der Waals surface area (Å²) in [5, 5.41) is 13.5. The Labute approximate surface area is 121 Å². The molecule has 0 saturated heterocycles. The van der Waals surface area contributed by atoms with E-state index in [1.54, 1.807) is 0 Å². The Balaban J connectivity index is 1.37. The first kappa shape index (κ1) is 12.7. The van der Waals surface area contributed by atoms with E-state index in [9.17, 15) is 5.11 Å². The number of fused-ring (bicyclic) bond motifs is 1. The molecule has 0 aliphatic heterocycles. The van der Waals surface area contributed by atoms with Gasteiger partial charge in [0.25, 0.3) is 0 Å². The molecule has 2 fully saturated rings. The maximum Gasteiger partial charge on any atom is 0.115 e. The zero-order valence-corrected chi connectivity index (χ0v) is 12.1. The molecule has 0 spiro atoms. The zero-order valence-electron chi connectivity index (χ0n) is 12.1. The highest BCUT2D eigenvalue weighted by Gasteiger charge is 2.40. The van der Waals surface area contributed by atoms with Gasteiger partial charge in [0.15, 0.2) is 0 Å². The van der Waals surface area contributed by atoms with Gasteiger partial charge in [-0.15, -0.1) is 0 Å². The molecular weight excluding hydrogens is 246 g/mol. The van der Waals surface area contributed by atoms with E-state index < -0.39 is 0 Å². The second-order valence-corrected chi connectivity index (χ2v) is 7.10. The summed E-state index contributed by atoms with van der Waals surface area (Å²) in [6.45, 7) is 0. The Morgan fingerprint density at radius 2 is 1.90 bits per heavy atom. The highest BCUT2D eigenvalue weighted by Crippen LogP contribution is 2.44. The molecule has 2 saturated carbocycles. The fourth-order valence-corrected chi connectivity index (χ4v) is 4.35. The van der Waals surface area contributed by atoms with E-state index in [1.165, 1.54) is 49.7 Å². The number of aryl methyl sites for hydroxylation is 1. The predicted octanol–water partition coefficient (Wildman–Crippen LogP) is 3.42. The lowest BCUT2D eigenvalue weighted by molar-refractivity contribution is 0.0737. The number of nitrogens with one attached hydrogen (secondary N) is 1. The van der Waals surface area contributed by atoms with Gasteiger partial charge < -0.3 is 10.4 Å². The van der Waals surface area contributed by atoms with Crippen LogP contribution in [0.1, 0.15) is 49.7 Å². The van der Waals surface area contributed by atoms with Crippen molar-refractivity contribution in [2.24, 2.45) is 11.8 Å². The van der Waals surface area contributed by atoms with E-state index in [0.29, 0.717) is 11.8 Å². The van der Waals surface area contributed by atoms with Crippen LogP contribution in [-0.2, 0) is 12.8 Å². The molecule has 1 aromatic rings. The van der Waals surface area contributed by atoms with Crippen molar-refractivity contribution >= 4 is 0 Å². The van der Waals surface area contributed by atoms with Crippen molar-refractivity contribution < 1.29 is 5.11 Å². The Kier molecular flexibility index (Phi) is 3.22. The van der Waals surface area contributed by atoms with Gasteiger partial charge in [-0.2, -0.15) is 0 Å². The summed E-state index contributed by atoms with van der Waals surface area (Å²) >= 11 is 0. The van der Waals surface area contributed by atoms with Crippen LogP contribution in [0.4, 0.5) is 0 Å². The standard InChI is InChI=1S/C18H25NO/c20-16-7-5-13-10-15(6-4-14(13)11-16)19-18-9-8-17(18)12-2-1-3-12/h5,7,11-12,15,17-20H,1-4,6,8-10H2. The second-order valence-electron chi connectivity index (χ2n) is 7.10. The average Bonchev–Trinajstić information content (AvgIpc) is 2.38. The first-order valence-electron chi connectivity index (χ1n) is 8.36. The monoisotopic (exact) mass is 271 g/mol. The minimum absolute atomic E-state index is 0.416. The Hall–Kier alpha value is -1.02. The molecule has 3 unspecified atom stereocenters. The van der Waals surface area contributed by atoms with Gasteiger partial charge in [0.1, 0.15) is 5.75 Å². The molecule has 0 heterocycles. The third kappa shape index (κ3) is 2.24. The van der Waals surface area contributed by atoms with Gasteiger partial charge in [-0.1, -0.05) is 25.3 Å². The summed E-state index contributed by atoms with van der Waals surface area (Å²) < 4.78 is 0. The molecule has 20 heavy (non-hydrogen) atoms. The van der Waals surface area contributed by atoms with Crippen LogP contribution in [0.3, 0.4) is 0 Å². The van der Waals surface area contributed by atoms with Crippen molar-refractivity contribution in [2.75, 3.05) is 0 Å². The lowest BCUT2D eigenvalue weighted by Crippen LogP contribution is -2.53. The van der Waals surface area contributed by atoms with Crippen molar-refractivity contribution in [1.82, 2.24) is 5.32 Å². The molecule has 2 heteroatoms. The van der Waals surface area contributed by atoms with Gasteiger partial charge >= 0.3 is 0 Å². The third-order valence-corrected chi connectivity index (χ3v) is 5.95. The quantitative estimate of drug-likeness (QED) is 0.883. The molecule has 0 amide bonds. The third-order valence-electron chi connectivity index (χ3n) is 5.95. The predicted molar refractivity (Wildman–Crippen MR) is 80.9 cm³/mol. The van der Waals surface area contributed by atoms with Crippen LogP contribution < -0.4 is 5.32 Å². The molecule has 3 aliphatic carbocycles. The van der Waals surface area contributed by atoms with Crippen LogP contribution in [0.15, 0.2) is 18.2 Å². The molecule has 3 atom stereocenters. The van der Waals surface area contributed by atoms with Crippen LogP contribution in [0.2, 0.25) is 0 Å². The lowest BCUT2D eigenvalue weighted by atomic mass is 9.64. The summed E-state index contributed by atoms with van der Waals surface area (Å²) in [5.41, 5.74) is 2.79. The van der Waals surface area contributed by atoms with E-state index >= 15 is 0 Å². The molecule has 0 radical (unpaired) electrons. The summed E-state index contributed by atoms with van der Waals surface area (Å²) in [5.74, 6) is 2.43. The molecule has 4 rings (SSSR count). The Morgan fingerprint density at radius 3 is 2.60 bits per heavy atom. The van der Waals surface area contributed by atoms with Gasteiger partial charge in [0, 0.05) is 12.1 Å². The molecular formula is C18H25NO. The number of hydrogen-bond acceptors (Lipinski definition) is 2. The largest absolute Gasteiger partial charge is 0.508 e. The number of phenols is 1. The van der Waals surface area contributed by atoms with E-state index in [2.05, 4.69) is 11.4 Å². The van der Waals surface area contributed by atoms with E-state index in [-0.39, 0.29) is 0 Å². The first-order chi connectivity index (χ1) is 9.79. The summed E-state index contributed by atoms with van der Waals surface area (Å²) in [7, 11) is 0. The Bertz CT molecular complexity index is 494. The van der Waals surface area contributed by atoms with Gasteiger partial charge in [0.2, 0.25) is 0 Å². The SMILES string of the molecule is Oc1ccc2c(c1)CCC(NC1CCC1C1CCC1)C2. The molecule has 108 valence electrons. The van der Waals surface area contributed by atoms with Crippen LogP contribution in [-0.4, -0.2) is 17.2 Å². The summed E-state index contributed by atoms with van der Waals surface area (Å²) in [6.07, 6.45) is 10.8. The molecule has 0 aromatic heterocycles. The van der Waals surface area contributed by atoms with Crippen LogP contribution in [0, 0.1) is 11.8 Å². The second kappa shape index (κ2) is 5.07. The number of aromatic hydroxyl groups is 1. The average molecular weight is 271 g/mol. The van der Waals surface area contributed by atoms with E-state index in [0.717, 1.165) is 30.7 Å². The number of rotatable bonds is 3. The van der Waals surface area contributed by atoms with Crippen molar-refractivity contribution in [3.8, 4) is 5.75 Å². The first-order valence-corrected chi connectivity index (χ1v) is 8.36. The molecule has 2 N–H and O–H groups in total. The number of hydrogen-bond donors (Lipinski definition) is 2. The molecule has 3 aliphatic rings. The minimum Gasteiger partial charge on any atom is -0.508 e. The van der Waals surface area contributed by atoms with Gasteiger partial charge in [-0.05, 0) is 67.2 Å². The Morgan fingerprint density at radius 1 is 1.00 bits per heavy atom. The fraction of sp³-hybridized carbons (Fsp3) is 0.667. The number of phenolic OH excluding ortho intramolecular Hbond substituents is 1. The van der Waals surface area contributed by atoms with Crippen LogP contribution in [0.25, 0.3) is 0 Å². The smallest absolute Gasteiger partial charge is 0.115 e. The van der Waals surface area contributed by atoms with Gasteiger partial charge in [0.05, 0.1) is 0 Å². The summed E-state index contributed by atoms with van der Waals surface area (Å²) in [6, 6.07) is 7.35. The normalized spacial score (nSPS) is 33.1. The van der Waals surface area contributed by atoms with Gasteiger partial charge in [-0.25, -0.2) is 0 Å². The highest BCUT2D eigenvalue weighted by molar-refractivity contribution is 5.37. The fourth-order valence-electron chi connectivity index (χ4n) is 4.35. The van der Waals surface area contributed by atoms with Crippen molar-refractivity contribution in [3.63, 3.8) is 0 Å². The maximum atomic E-state index is 9.56. The van der Waals surface area contributed by atoms with Gasteiger partial charge in [-0.3, -0.25) is 0 Å². The van der Waals surface area contributed by atoms with Crippen molar-refractivity contribution in [1.29, 1.82) is 0 Å². The van der Waals surface area contributed by atoms with Crippen LogP contribution in [0.5, 0.6) is 5.75 Å². The van der Waals surface area contributed by atoms with Crippen molar-refractivity contribution in [3.05, 3.63) is 29.3 Å². The molecule has 1 aromatic carbocycles. The summed E-state index contributed by atoms with van der Waals surface area (Å²) in [4.78, 5) is 0. The van der Waals surface area contributed by atoms with Crippen molar-refractivity contribution in [2.45, 2.75) is 63.5 Å². The van der Waals surface area contributed by atoms with E-state index in [4.69, 9.17) is 0 Å². The minimum atomic E-state index is 0.416. The highest BCUT2D eigenvalue weighted by atomic mass is 16.3. The maximum absolute atomic E-state index is 9.56. The van der Waals surface area contributed by atoms with E-state index in [1.807, 2.05) is 12.1 Å². The zero-order chi connectivity index (χ0) is 13.5. The lowest BCUT2D eigenvalue weighted by Gasteiger charge is -2.47. The molecule has 0 bridgehead atoms. The molecule has 2 nitrogen and oxygen atoms in total. The van der Waals surface area contributed by atoms with Crippen LogP contribution >= 0.6 is 0 Å².